The van der Waals surface area contributed by atoms with Crippen molar-refractivity contribution in [3.8, 4) is 0 Å². The van der Waals surface area contributed by atoms with Gasteiger partial charge in [-0.1, -0.05) is 91.0 Å². The molecular weight excluding hydrogens is 280 g/mol. The molecule has 1 nitrogen and oxygen atoms in total. The molecule has 0 bridgehead atoms. The summed E-state index contributed by atoms with van der Waals surface area (Å²) in [6.07, 6.45) is 4.17. The van der Waals surface area contributed by atoms with Gasteiger partial charge in [0.1, 0.15) is 0 Å². The van der Waals surface area contributed by atoms with Crippen molar-refractivity contribution >= 4 is 17.9 Å². The van der Waals surface area contributed by atoms with Gasteiger partial charge in [-0.05, 0) is 23.6 Å². The van der Waals surface area contributed by atoms with Crippen molar-refractivity contribution in [2.75, 3.05) is 0 Å². The molecular formula is C22H18O. The topological polar surface area (TPSA) is 17.1 Å². The van der Waals surface area contributed by atoms with Gasteiger partial charge < -0.3 is 0 Å². The Hall–Kier alpha value is -2.93. The third-order valence-corrected chi connectivity index (χ3v) is 3.85. The van der Waals surface area contributed by atoms with Crippen molar-refractivity contribution in [3.05, 3.63) is 107 Å². The molecule has 0 atom stereocenters. The Morgan fingerprint density at radius 3 is 2.00 bits per heavy atom. The molecule has 0 heterocycles. The molecule has 0 N–H and O–H groups in total. The van der Waals surface area contributed by atoms with Gasteiger partial charge in [-0.2, -0.15) is 0 Å². The summed E-state index contributed by atoms with van der Waals surface area (Å²) in [7, 11) is 0. The van der Waals surface area contributed by atoms with E-state index in [9.17, 15) is 4.79 Å². The Kier molecular flexibility index (Phi) is 4.49. The van der Waals surface area contributed by atoms with Crippen LogP contribution in [0.25, 0.3) is 12.2 Å². The minimum atomic E-state index is 0.0556. The van der Waals surface area contributed by atoms with Crippen LogP contribution in [0.4, 0.5) is 0 Å². The summed E-state index contributed by atoms with van der Waals surface area (Å²) in [6, 6.07) is 25.3. The zero-order valence-electron chi connectivity index (χ0n) is 13.1. The lowest BCUT2D eigenvalue weighted by atomic mass is 10.0. The first-order valence-electron chi connectivity index (χ1n) is 7.67. The largest absolute Gasteiger partial charge is 0.289 e. The lowest BCUT2D eigenvalue weighted by Gasteiger charge is -2.02. The summed E-state index contributed by atoms with van der Waals surface area (Å²) < 4.78 is 0. The van der Waals surface area contributed by atoms with Crippen molar-refractivity contribution in [1.29, 1.82) is 0 Å². The first-order chi connectivity index (χ1) is 11.2. The number of hydrogen-bond donors (Lipinski definition) is 0. The molecule has 0 saturated heterocycles. The molecule has 0 saturated carbocycles. The Balaban J connectivity index is 1.78. The quantitative estimate of drug-likeness (QED) is 0.466. The van der Waals surface area contributed by atoms with Crippen LogP contribution in [0, 0.1) is 6.92 Å². The first kappa shape index (κ1) is 15.0. The lowest BCUT2D eigenvalue weighted by Crippen LogP contribution is -2.00. The van der Waals surface area contributed by atoms with E-state index in [0.717, 1.165) is 11.1 Å². The van der Waals surface area contributed by atoms with Gasteiger partial charge in [0.2, 0.25) is 0 Å². The molecule has 0 aliphatic rings. The maximum atomic E-state index is 12.4. The van der Waals surface area contributed by atoms with E-state index in [1.165, 1.54) is 11.1 Å². The van der Waals surface area contributed by atoms with Crippen LogP contribution in [0.15, 0.2) is 78.9 Å². The Labute approximate surface area is 136 Å². The van der Waals surface area contributed by atoms with Gasteiger partial charge in [0, 0.05) is 11.1 Å². The van der Waals surface area contributed by atoms with Gasteiger partial charge in [0.05, 0.1) is 0 Å². The predicted octanol–water partition coefficient (Wildman–Crippen LogP) is 5.40. The van der Waals surface area contributed by atoms with Crippen LogP contribution in [0.1, 0.15) is 32.6 Å². The van der Waals surface area contributed by atoms with Crippen molar-refractivity contribution in [2.45, 2.75) is 6.92 Å². The molecule has 0 amide bonds. The van der Waals surface area contributed by atoms with Crippen LogP contribution in [0.3, 0.4) is 0 Å². The highest BCUT2D eigenvalue weighted by molar-refractivity contribution is 6.09. The monoisotopic (exact) mass is 298 g/mol. The van der Waals surface area contributed by atoms with Gasteiger partial charge >= 0.3 is 0 Å². The highest BCUT2D eigenvalue weighted by Gasteiger charge is 2.07. The summed E-state index contributed by atoms with van der Waals surface area (Å²) in [6.45, 7) is 2.10. The molecule has 0 aliphatic heterocycles. The second-order valence-corrected chi connectivity index (χ2v) is 5.51. The number of benzene rings is 3. The SMILES string of the molecule is Cc1ccccc1C=Cc1ccc(C(=O)c2ccccc2)cc1. The van der Waals surface area contributed by atoms with Crippen molar-refractivity contribution in [2.24, 2.45) is 0 Å². The molecule has 0 aliphatic carbocycles. The fourth-order valence-electron chi connectivity index (χ4n) is 2.46. The van der Waals surface area contributed by atoms with Gasteiger partial charge in [-0.15, -0.1) is 0 Å². The molecule has 1 heteroatoms. The normalized spacial score (nSPS) is 10.8. The summed E-state index contributed by atoms with van der Waals surface area (Å²) in [5.41, 5.74) is 4.97. The molecule has 0 radical (unpaired) electrons. The van der Waals surface area contributed by atoms with Crippen LogP contribution in [-0.4, -0.2) is 5.78 Å². The molecule has 3 aromatic carbocycles. The molecule has 3 rings (SSSR count). The predicted molar refractivity (Wildman–Crippen MR) is 96.4 cm³/mol. The molecule has 23 heavy (non-hydrogen) atoms. The molecule has 0 fully saturated rings. The Bertz CT molecular complexity index is 827. The van der Waals surface area contributed by atoms with E-state index < -0.39 is 0 Å². The second kappa shape index (κ2) is 6.89. The molecule has 0 aromatic heterocycles. The summed E-state index contributed by atoms with van der Waals surface area (Å²) in [4.78, 5) is 12.4. The second-order valence-electron chi connectivity index (χ2n) is 5.51. The molecule has 3 aromatic rings. The average molecular weight is 298 g/mol. The van der Waals surface area contributed by atoms with E-state index in [1.807, 2.05) is 66.7 Å². The first-order valence-corrected chi connectivity index (χ1v) is 7.67. The minimum absolute atomic E-state index is 0.0556. The van der Waals surface area contributed by atoms with Gasteiger partial charge in [-0.3, -0.25) is 4.79 Å². The molecule has 0 unspecified atom stereocenters. The lowest BCUT2D eigenvalue weighted by molar-refractivity contribution is 0.103. The van der Waals surface area contributed by atoms with E-state index in [2.05, 4.69) is 31.2 Å². The third-order valence-electron chi connectivity index (χ3n) is 3.85. The van der Waals surface area contributed by atoms with Gasteiger partial charge in [0.25, 0.3) is 0 Å². The highest BCUT2D eigenvalue weighted by atomic mass is 16.1. The smallest absolute Gasteiger partial charge is 0.193 e. The van der Waals surface area contributed by atoms with E-state index in [1.54, 1.807) is 0 Å². The summed E-state index contributed by atoms with van der Waals surface area (Å²) >= 11 is 0. The number of aryl methyl sites for hydroxylation is 1. The maximum absolute atomic E-state index is 12.4. The minimum Gasteiger partial charge on any atom is -0.289 e. The molecule has 112 valence electrons. The van der Waals surface area contributed by atoms with Crippen molar-refractivity contribution in [1.82, 2.24) is 0 Å². The van der Waals surface area contributed by atoms with Crippen LogP contribution in [-0.2, 0) is 0 Å². The average Bonchev–Trinajstić information content (AvgIpc) is 2.62. The zero-order chi connectivity index (χ0) is 16.1. The fraction of sp³-hybridized carbons (Fsp3) is 0.0455. The fourth-order valence-corrected chi connectivity index (χ4v) is 2.46. The van der Waals surface area contributed by atoms with Crippen LogP contribution < -0.4 is 0 Å². The van der Waals surface area contributed by atoms with E-state index in [0.29, 0.717) is 5.56 Å². The van der Waals surface area contributed by atoms with E-state index in [4.69, 9.17) is 0 Å². The summed E-state index contributed by atoms with van der Waals surface area (Å²) in [5.74, 6) is 0.0556. The standard InChI is InChI=1S/C22H18O/c1-17-7-5-6-8-19(17)14-11-18-12-15-21(16-13-18)22(23)20-9-3-2-4-10-20/h2-16H,1H3. The van der Waals surface area contributed by atoms with Crippen LogP contribution in [0.5, 0.6) is 0 Å². The van der Waals surface area contributed by atoms with Crippen molar-refractivity contribution in [3.63, 3.8) is 0 Å². The number of carbonyl (C=O) groups is 1. The summed E-state index contributed by atoms with van der Waals surface area (Å²) in [5, 5.41) is 0. The Morgan fingerprint density at radius 1 is 0.696 bits per heavy atom. The maximum Gasteiger partial charge on any atom is 0.193 e. The number of carbonyl (C=O) groups excluding carboxylic acids is 1. The van der Waals surface area contributed by atoms with E-state index in [-0.39, 0.29) is 5.78 Å². The van der Waals surface area contributed by atoms with Crippen LogP contribution in [0.2, 0.25) is 0 Å². The number of hydrogen-bond acceptors (Lipinski definition) is 1. The zero-order valence-corrected chi connectivity index (χ0v) is 13.1. The van der Waals surface area contributed by atoms with Gasteiger partial charge in [0.15, 0.2) is 5.78 Å². The number of rotatable bonds is 4. The third kappa shape index (κ3) is 3.64. The van der Waals surface area contributed by atoms with Gasteiger partial charge in [-0.25, -0.2) is 0 Å². The molecule has 0 spiro atoms. The van der Waals surface area contributed by atoms with Crippen molar-refractivity contribution < 1.29 is 4.79 Å². The number of ketones is 1. The van der Waals surface area contributed by atoms with Crippen LogP contribution >= 0.6 is 0 Å². The Morgan fingerprint density at radius 2 is 1.30 bits per heavy atom. The highest BCUT2D eigenvalue weighted by Crippen LogP contribution is 2.15. The van der Waals surface area contributed by atoms with E-state index >= 15 is 0 Å².